The van der Waals surface area contributed by atoms with Gasteiger partial charge in [-0.05, 0) is 66.9 Å². The Kier molecular flexibility index (Phi) is 6.50. The Labute approximate surface area is 161 Å². The Balaban J connectivity index is 2.45. The monoisotopic (exact) mass is 376 g/mol. The fourth-order valence-electron chi connectivity index (χ4n) is 3.88. The lowest BCUT2D eigenvalue weighted by atomic mass is 9.98. The molecule has 1 amide bonds. The molecule has 1 unspecified atom stereocenters. The molecule has 1 heterocycles. The topological polar surface area (TPSA) is 68.6 Å². The molecule has 1 saturated carbocycles. The predicted octanol–water partition coefficient (Wildman–Crippen LogP) is 3.52. The average molecular weight is 376 g/mol. The third kappa shape index (κ3) is 3.94. The number of hydrogen-bond acceptors (Lipinski definition) is 4. The van der Waals surface area contributed by atoms with E-state index in [0.717, 1.165) is 18.5 Å². The number of esters is 1. The van der Waals surface area contributed by atoms with Gasteiger partial charge in [0.05, 0.1) is 12.6 Å². The van der Waals surface area contributed by atoms with E-state index in [1.807, 2.05) is 32.3 Å². The fourth-order valence-corrected chi connectivity index (χ4v) is 3.88. The molecule has 0 N–H and O–H groups in total. The van der Waals surface area contributed by atoms with E-state index >= 15 is 0 Å². The third-order valence-corrected chi connectivity index (χ3v) is 5.33. The summed E-state index contributed by atoms with van der Waals surface area (Å²) in [4.78, 5) is 40.2. The van der Waals surface area contributed by atoms with Crippen molar-refractivity contribution in [2.45, 2.75) is 79.9 Å². The van der Waals surface area contributed by atoms with Gasteiger partial charge in [0.1, 0.15) is 5.69 Å². The highest BCUT2D eigenvalue weighted by molar-refractivity contribution is 6.06. The van der Waals surface area contributed by atoms with Crippen LogP contribution in [0.1, 0.15) is 79.6 Å². The summed E-state index contributed by atoms with van der Waals surface area (Å²) in [5.41, 5.74) is 2.34. The first kappa shape index (κ1) is 21.2. The number of nitrogens with zero attached hydrogens (tertiary/aromatic N) is 2. The second-order valence-corrected chi connectivity index (χ2v) is 7.55. The van der Waals surface area contributed by atoms with E-state index in [9.17, 15) is 14.4 Å². The maximum absolute atomic E-state index is 13.4. The third-order valence-electron chi connectivity index (χ3n) is 5.33. The minimum atomic E-state index is -0.571. The Morgan fingerprint density at radius 3 is 2.19 bits per heavy atom. The number of ketones is 1. The molecule has 0 saturated heterocycles. The number of hydrogen-bond donors (Lipinski definition) is 0. The van der Waals surface area contributed by atoms with Crippen molar-refractivity contribution in [3.8, 4) is 0 Å². The lowest BCUT2D eigenvalue weighted by Crippen LogP contribution is -2.48. The van der Waals surface area contributed by atoms with E-state index < -0.39 is 12.0 Å². The fraction of sp³-hybridized carbons (Fsp3) is 0.667. The Hall–Kier alpha value is -2.11. The average Bonchev–Trinajstić information content (AvgIpc) is 3.40. The van der Waals surface area contributed by atoms with Crippen LogP contribution in [0.2, 0.25) is 0 Å². The zero-order valence-corrected chi connectivity index (χ0v) is 17.6. The largest absolute Gasteiger partial charge is 0.461 e. The Bertz CT molecular complexity index is 744. The standard InChI is InChI=1S/C21H32N2O4/c1-8-22-14(6)17(13(5)18(22)21(26)27-9-2)19(24)15(7)23(12(3)4)20(25)16-10-11-16/h12,15-16H,8-11H2,1-7H3. The number of ether oxygens (including phenoxy) is 1. The van der Waals surface area contributed by atoms with Crippen LogP contribution < -0.4 is 0 Å². The molecule has 1 aromatic heterocycles. The SMILES string of the molecule is CCOC(=O)c1c(C)c(C(=O)C(C)N(C(=O)C2CC2)C(C)C)c(C)n1CC. The molecule has 6 heteroatoms. The quantitative estimate of drug-likeness (QED) is 0.514. The summed E-state index contributed by atoms with van der Waals surface area (Å²) in [5.74, 6) is -0.422. The van der Waals surface area contributed by atoms with E-state index in [2.05, 4.69) is 0 Å². The van der Waals surface area contributed by atoms with Gasteiger partial charge >= 0.3 is 5.97 Å². The molecule has 1 aromatic rings. The van der Waals surface area contributed by atoms with Crippen LogP contribution in [0.15, 0.2) is 0 Å². The van der Waals surface area contributed by atoms with Crippen molar-refractivity contribution in [2.24, 2.45) is 5.92 Å². The zero-order valence-electron chi connectivity index (χ0n) is 17.6. The number of aromatic nitrogens is 1. The van der Waals surface area contributed by atoms with E-state index in [4.69, 9.17) is 4.74 Å². The maximum Gasteiger partial charge on any atom is 0.355 e. The van der Waals surface area contributed by atoms with Crippen molar-refractivity contribution in [1.29, 1.82) is 0 Å². The van der Waals surface area contributed by atoms with Crippen molar-refractivity contribution >= 4 is 17.7 Å². The first-order valence-electron chi connectivity index (χ1n) is 9.90. The van der Waals surface area contributed by atoms with E-state index in [1.165, 1.54) is 0 Å². The van der Waals surface area contributed by atoms with Crippen molar-refractivity contribution in [3.63, 3.8) is 0 Å². The molecule has 1 atom stereocenters. The summed E-state index contributed by atoms with van der Waals surface area (Å²) in [6, 6.07) is -0.631. The van der Waals surface area contributed by atoms with Crippen molar-refractivity contribution in [1.82, 2.24) is 9.47 Å². The van der Waals surface area contributed by atoms with Gasteiger partial charge in [-0.15, -0.1) is 0 Å². The van der Waals surface area contributed by atoms with Crippen LogP contribution in [0, 0.1) is 19.8 Å². The zero-order chi connectivity index (χ0) is 20.5. The maximum atomic E-state index is 13.4. The van der Waals surface area contributed by atoms with Gasteiger partial charge < -0.3 is 14.2 Å². The lowest BCUT2D eigenvalue weighted by Gasteiger charge is -2.32. The number of amides is 1. The number of rotatable bonds is 8. The normalized spacial score (nSPS) is 15.0. The molecule has 1 fully saturated rings. The second-order valence-electron chi connectivity index (χ2n) is 7.55. The highest BCUT2D eigenvalue weighted by atomic mass is 16.5. The minimum absolute atomic E-state index is 0.0557. The molecular formula is C21H32N2O4. The molecular weight excluding hydrogens is 344 g/mol. The van der Waals surface area contributed by atoms with Crippen LogP contribution in [-0.2, 0) is 16.1 Å². The summed E-state index contributed by atoms with van der Waals surface area (Å²) in [7, 11) is 0. The summed E-state index contributed by atoms with van der Waals surface area (Å²) >= 11 is 0. The van der Waals surface area contributed by atoms with Crippen molar-refractivity contribution in [2.75, 3.05) is 6.61 Å². The van der Waals surface area contributed by atoms with Crippen LogP contribution in [0.25, 0.3) is 0 Å². The lowest BCUT2D eigenvalue weighted by molar-refractivity contribution is -0.135. The summed E-state index contributed by atoms with van der Waals surface area (Å²) in [5, 5.41) is 0. The number of carbonyl (C=O) groups excluding carboxylic acids is 3. The minimum Gasteiger partial charge on any atom is -0.461 e. The Morgan fingerprint density at radius 2 is 1.74 bits per heavy atom. The van der Waals surface area contributed by atoms with Gasteiger partial charge in [-0.1, -0.05) is 0 Å². The second kappa shape index (κ2) is 8.28. The predicted molar refractivity (Wildman–Crippen MR) is 104 cm³/mol. The van der Waals surface area contributed by atoms with Gasteiger partial charge in [-0.3, -0.25) is 9.59 Å². The molecule has 2 rings (SSSR count). The van der Waals surface area contributed by atoms with Gasteiger partial charge in [-0.25, -0.2) is 4.79 Å². The van der Waals surface area contributed by atoms with Gasteiger partial charge in [0.25, 0.3) is 0 Å². The smallest absolute Gasteiger partial charge is 0.355 e. The molecule has 0 aliphatic heterocycles. The molecule has 27 heavy (non-hydrogen) atoms. The molecule has 1 aliphatic carbocycles. The van der Waals surface area contributed by atoms with Crippen molar-refractivity contribution < 1.29 is 19.1 Å². The van der Waals surface area contributed by atoms with Crippen LogP contribution in [0.5, 0.6) is 0 Å². The molecule has 1 aliphatic rings. The van der Waals surface area contributed by atoms with Gasteiger partial charge in [-0.2, -0.15) is 0 Å². The first-order chi connectivity index (χ1) is 12.7. The number of Topliss-reactive ketones (excluding diaryl/α,β-unsaturated/α-hetero) is 1. The summed E-state index contributed by atoms with van der Waals surface area (Å²) < 4.78 is 7.02. The van der Waals surface area contributed by atoms with Crippen LogP contribution in [-0.4, -0.2) is 45.8 Å². The van der Waals surface area contributed by atoms with Gasteiger partial charge in [0.15, 0.2) is 5.78 Å². The highest BCUT2D eigenvalue weighted by Gasteiger charge is 2.39. The molecule has 0 spiro atoms. The van der Waals surface area contributed by atoms with E-state index in [-0.39, 0.29) is 30.3 Å². The molecule has 6 nitrogen and oxygen atoms in total. The van der Waals surface area contributed by atoms with Crippen LogP contribution in [0.3, 0.4) is 0 Å². The van der Waals surface area contributed by atoms with E-state index in [0.29, 0.717) is 23.4 Å². The van der Waals surface area contributed by atoms with Crippen molar-refractivity contribution in [3.05, 3.63) is 22.5 Å². The molecule has 0 aromatic carbocycles. The summed E-state index contributed by atoms with van der Waals surface area (Å²) in [6.07, 6.45) is 1.81. The number of carbonyl (C=O) groups is 3. The Morgan fingerprint density at radius 1 is 1.15 bits per heavy atom. The molecule has 0 bridgehead atoms. The van der Waals surface area contributed by atoms with Crippen LogP contribution >= 0.6 is 0 Å². The molecule has 150 valence electrons. The van der Waals surface area contributed by atoms with Gasteiger partial charge in [0.2, 0.25) is 5.91 Å². The van der Waals surface area contributed by atoms with Gasteiger partial charge in [0, 0.05) is 29.8 Å². The summed E-state index contributed by atoms with van der Waals surface area (Å²) in [6.45, 7) is 13.8. The highest BCUT2D eigenvalue weighted by Crippen LogP contribution is 2.33. The van der Waals surface area contributed by atoms with Crippen LogP contribution in [0.4, 0.5) is 0 Å². The first-order valence-corrected chi connectivity index (χ1v) is 9.90. The molecule has 0 radical (unpaired) electrons. The van der Waals surface area contributed by atoms with E-state index in [1.54, 1.807) is 25.7 Å².